The standard InChI is InChI=1S/C58H68F3N11O7S2/c1-34(36-6-8-38(9-7-36)53-35(2)64-33-80-53)65-56(76)48-27-43(73)31-72(48)57(77)54(58(3,4)5)66-49(74)32-68-19-17-42(18-20-68)70-24-22-69(23-25-70)41-12-10-37(11-13-41)39-26-44-45(29-63-55(44)62-28-39)52(75)50-46(60)14-15-47(51(50)61)67-81(78,79)71-21-16-40(59)30-71/h6-15,26,28-29,33-34,40,42-43,48,54,67,73H,16-25,27,30-32H2,1-5H3,(H,62,63)(H,65,76)(H,66,74)/t34-,40+,43+,48-,54+/m0/s1. The third kappa shape index (κ3) is 12.5. The first-order chi connectivity index (χ1) is 38.6. The maximum Gasteiger partial charge on any atom is 0.301 e. The van der Waals surface area contributed by atoms with Crippen LogP contribution in [-0.4, -0.2) is 167 Å². The van der Waals surface area contributed by atoms with Gasteiger partial charge in [-0.2, -0.15) is 12.7 Å². The summed E-state index contributed by atoms with van der Waals surface area (Å²) in [7, 11) is -4.38. The van der Waals surface area contributed by atoms with Gasteiger partial charge in [0, 0.05) is 106 Å². The Labute approximate surface area is 473 Å². The largest absolute Gasteiger partial charge is 0.391 e. The quantitative estimate of drug-likeness (QED) is 0.0631. The number of thiazole rings is 1. The van der Waals surface area contributed by atoms with E-state index in [1.807, 2.05) is 93.4 Å². The number of fused-ring (bicyclic) bond motifs is 1. The molecule has 4 fully saturated rings. The Morgan fingerprint density at radius 2 is 1.57 bits per heavy atom. The number of hydrogen-bond donors (Lipinski definition) is 5. The SMILES string of the molecule is Cc1ncsc1-c1ccc([C@H](C)NC(=O)[C@@H]2C[C@@H](O)CN2C(=O)[C@@H](NC(=O)CN2CCC(N3CCN(c4ccc(-c5cnc6[nH]cc(C(=O)c7c(F)ccc(NS(=O)(=O)N8CC[C@@H](F)C8)c7F)c6c5)cc4)CC3)CC2)C(C)(C)C)cc1. The van der Waals surface area contributed by atoms with Crippen LogP contribution in [0.15, 0.2) is 84.6 Å². The zero-order chi connectivity index (χ0) is 57.5. The normalized spacial score (nSPS) is 20.6. The molecule has 4 saturated heterocycles. The average Bonchev–Trinajstić information content (AvgIpc) is 4.29. The molecule has 3 aromatic heterocycles. The number of ketones is 1. The van der Waals surface area contributed by atoms with Gasteiger partial charge in [-0.3, -0.25) is 33.7 Å². The first-order valence-corrected chi connectivity index (χ1v) is 29.8. The lowest BCUT2D eigenvalue weighted by Crippen LogP contribution is -2.59. The molecule has 3 aromatic carbocycles. The number of aryl methyl sites for hydroxylation is 1. The lowest BCUT2D eigenvalue weighted by atomic mass is 9.85. The molecule has 23 heteroatoms. The van der Waals surface area contributed by atoms with Crippen molar-refractivity contribution in [2.45, 2.75) is 96.7 Å². The highest BCUT2D eigenvalue weighted by molar-refractivity contribution is 7.90. The van der Waals surface area contributed by atoms with Gasteiger partial charge in [-0.1, -0.05) is 57.2 Å². The summed E-state index contributed by atoms with van der Waals surface area (Å²) in [5, 5.41) is 17.2. The lowest BCUT2D eigenvalue weighted by Gasteiger charge is -2.43. The fraction of sp³-hybridized carbons (Fsp3) is 0.448. The second-order valence-electron chi connectivity index (χ2n) is 22.7. The van der Waals surface area contributed by atoms with Gasteiger partial charge in [-0.25, -0.2) is 23.1 Å². The minimum absolute atomic E-state index is 0.00717. The highest BCUT2D eigenvalue weighted by atomic mass is 32.2. The van der Waals surface area contributed by atoms with Gasteiger partial charge in [-0.15, -0.1) is 11.3 Å². The van der Waals surface area contributed by atoms with Gasteiger partial charge in [0.15, 0.2) is 5.82 Å². The monoisotopic (exact) mass is 1150 g/mol. The van der Waals surface area contributed by atoms with Crippen LogP contribution in [0.25, 0.3) is 32.6 Å². The van der Waals surface area contributed by atoms with Crippen LogP contribution in [-0.2, 0) is 24.6 Å². The van der Waals surface area contributed by atoms with Gasteiger partial charge in [0.25, 0.3) is 0 Å². The summed E-state index contributed by atoms with van der Waals surface area (Å²) in [6.07, 6.45) is 2.55. The first kappa shape index (κ1) is 57.5. The number of carbonyl (C=O) groups is 4. The molecular formula is C58H68F3N11O7S2. The number of H-pyrrole nitrogens is 1. The summed E-state index contributed by atoms with van der Waals surface area (Å²) >= 11 is 1.57. The van der Waals surface area contributed by atoms with Crippen LogP contribution >= 0.6 is 11.3 Å². The van der Waals surface area contributed by atoms with Crippen LogP contribution in [0.5, 0.6) is 0 Å². The number of hydrogen-bond acceptors (Lipinski definition) is 13. The van der Waals surface area contributed by atoms with Gasteiger partial charge < -0.3 is 30.5 Å². The Balaban J connectivity index is 0.697. The molecule has 0 spiro atoms. The highest BCUT2D eigenvalue weighted by Crippen LogP contribution is 2.34. The Morgan fingerprint density at radius 1 is 0.864 bits per heavy atom. The summed E-state index contributed by atoms with van der Waals surface area (Å²) in [6.45, 7) is 13.8. The zero-order valence-electron chi connectivity index (χ0n) is 45.9. The number of aliphatic hydroxyl groups is 1. The smallest absolute Gasteiger partial charge is 0.301 e. The van der Waals surface area contributed by atoms with Crippen LogP contribution < -0.4 is 20.3 Å². The number of amides is 3. The van der Waals surface area contributed by atoms with Crippen LogP contribution in [0.4, 0.5) is 24.5 Å². The molecule has 0 bridgehead atoms. The van der Waals surface area contributed by atoms with Gasteiger partial charge in [-0.05, 0) is 85.5 Å². The van der Waals surface area contributed by atoms with E-state index in [1.54, 1.807) is 23.6 Å². The summed E-state index contributed by atoms with van der Waals surface area (Å²) in [6, 6.07) is 17.4. The molecule has 10 rings (SSSR count). The Kier molecular flexibility index (Phi) is 16.8. The van der Waals surface area contributed by atoms with Crippen molar-refractivity contribution >= 4 is 67.5 Å². The summed E-state index contributed by atoms with van der Waals surface area (Å²) in [5.74, 6) is -4.64. The van der Waals surface area contributed by atoms with E-state index in [4.69, 9.17) is 0 Å². The number of piperidine rings is 1. The number of piperazine rings is 1. The number of β-amino-alcohol motifs (C(OH)–C–C–N with tert-alkyl or cyclic N) is 1. The third-order valence-electron chi connectivity index (χ3n) is 16.1. The molecule has 4 aliphatic heterocycles. The maximum atomic E-state index is 15.8. The molecule has 18 nitrogen and oxygen atoms in total. The van der Waals surface area contributed by atoms with E-state index in [9.17, 15) is 37.1 Å². The molecule has 0 radical (unpaired) electrons. The minimum atomic E-state index is -4.38. The number of aromatic amines is 1. The lowest BCUT2D eigenvalue weighted by molar-refractivity contribution is -0.144. The first-order valence-electron chi connectivity index (χ1n) is 27.4. The molecular weight excluding hydrogens is 1080 g/mol. The van der Waals surface area contributed by atoms with E-state index in [2.05, 4.69) is 40.3 Å². The van der Waals surface area contributed by atoms with Crippen LogP contribution in [0, 0.1) is 24.0 Å². The van der Waals surface area contributed by atoms with Crippen LogP contribution in [0.3, 0.4) is 0 Å². The molecule has 0 saturated carbocycles. The minimum Gasteiger partial charge on any atom is -0.391 e. The number of anilines is 2. The number of aromatic nitrogens is 3. The number of nitrogens with zero attached hydrogens (tertiary/aromatic N) is 7. The van der Waals surface area contributed by atoms with Crippen molar-refractivity contribution in [1.82, 2.24) is 44.6 Å². The molecule has 81 heavy (non-hydrogen) atoms. The second-order valence-corrected chi connectivity index (χ2v) is 25.3. The number of carbonyl (C=O) groups excluding carboxylic acids is 4. The zero-order valence-corrected chi connectivity index (χ0v) is 47.6. The van der Waals surface area contributed by atoms with Crippen molar-refractivity contribution in [2.24, 2.45) is 5.41 Å². The van der Waals surface area contributed by atoms with Crippen molar-refractivity contribution in [3.63, 3.8) is 0 Å². The summed E-state index contributed by atoms with van der Waals surface area (Å²) in [4.78, 5) is 76.9. The molecule has 430 valence electrons. The number of benzene rings is 3. The molecule has 5 N–H and O–H groups in total. The van der Waals surface area contributed by atoms with Gasteiger partial charge in [0.2, 0.25) is 23.5 Å². The third-order valence-corrected chi connectivity index (χ3v) is 18.6. The van der Waals surface area contributed by atoms with Crippen LogP contribution in [0.2, 0.25) is 0 Å². The van der Waals surface area contributed by atoms with E-state index in [0.717, 1.165) is 88.4 Å². The van der Waals surface area contributed by atoms with Gasteiger partial charge in [0.1, 0.15) is 29.7 Å². The molecule has 5 atom stereocenters. The van der Waals surface area contributed by atoms with Crippen LogP contribution in [0.1, 0.15) is 86.6 Å². The Morgan fingerprint density at radius 3 is 2.22 bits per heavy atom. The number of alkyl halides is 1. The molecule has 7 heterocycles. The topological polar surface area (TPSA) is 217 Å². The highest BCUT2D eigenvalue weighted by Gasteiger charge is 2.45. The van der Waals surface area contributed by atoms with Crippen molar-refractivity contribution in [3.8, 4) is 21.6 Å². The fourth-order valence-electron chi connectivity index (χ4n) is 11.5. The predicted molar refractivity (Wildman–Crippen MR) is 305 cm³/mol. The van der Waals surface area contributed by atoms with Crippen molar-refractivity contribution in [1.29, 1.82) is 0 Å². The van der Waals surface area contributed by atoms with Gasteiger partial charge in [0.05, 0.1) is 46.0 Å². The number of pyridine rings is 1. The second kappa shape index (κ2) is 23.6. The molecule has 6 aromatic rings. The number of aliphatic hydroxyl groups excluding tert-OH is 1. The summed E-state index contributed by atoms with van der Waals surface area (Å²) < 4.78 is 73.4. The number of rotatable bonds is 16. The number of halogens is 3. The van der Waals surface area contributed by atoms with E-state index in [-0.39, 0.29) is 55.9 Å². The number of nitrogens with one attached hydrogen (secondary N) is 4. The summed E-state index contributed by atoms with van der Waals surface area (Å²) in [5.41, 5.74) is 5.16. The maximum absolute atomic E-state index is 15.8. The van der Waals surface area contributed by atoms with Gasteiger partial charge >= 0.3 is 10.2 Å². The van der Waals surface area contributed by atoms with Crippen molar-refractivity contribution in [2.75, 3.05) is 75.1 Å². The molecule has 0 unspecified atom stereocenters. The van der Waals surface area contributed by atoms with Crippen molar-refractivity contribution < 1.29 is 45.9 Å². The Bertz CT molecular complexity index is 3410. The fourth-order valence-corrected chi connectivity index (χ4v) is 13.6. The van der Waals surface area contributed by atoms with E-state index in [0.29, 0.717) is 35.7 Å². The number of likely N-dealkylation sites (tertiary alicyclic amines) is 2. The van der Waals surface area contributed by atoms with E-state index in [1.165, 1.54) is 11.1 Å². The van der Waals surface area contributed by atoms with Crippen molar-refractivity contribution in [3.05, 3.63) is 119 Å². The van der Waals surface area contributed by atoms with E-state index >= 15 is 8.78 Å². The predicted octanol–water partition coefficient (Wildman–Crippen LogP) is 6.83. The molecule has 0 aliphatic carbocycles. The molecule has 4 aliphatic rings. The average molecular weight is 1150 g/mol. The van der Waals surface area contributed by atoms with E-state index < -0.39 is 81.1 Å². The molecule has 3 amide bonds. The Hall–Kier alpha value is -6.76.